The van der Waals surface area contributed by atoms with Crippen LogP contribution in [-0.4, -0.2) is 34.6 Å². The number of ether oxygens (including phenoxy) is 2. The SMILES string of the molecule is C#CCOc1ccc(-c2n[nH]nc2C(=O)OCC)cc1CC. The molecule has 0 aliphatic rings. The second-order valence-electron chi connectivity index (χ2n) is 4.41. The number of rotatable bonds is 6. The molecule has 0 amide bonds. The molecule has 1 N–H and O–H groups in total. The van der Waals surface area contributed by atoms with Gasteiger partial charge in [-0.05, 0) is 37.1 Å². The van der Waals surface area contributed by atoms with Crippen LogP contribution in [0.3, 0.4) is 0 Å². The zero-order chi connectivity index (χ0) is 15.9. The molecule has 22 heavy (non-hydrogen) atoms. The highest BCUT2D eigenvalue weighted by Crippen LogP contribution is 2.27. The standard InChI is InChI=1S/C16H17N3O3/c1-4-9-22-13-8-7-12(10-11(13)5-2)14-15(18-19-17-14)16(20)21-6-3/h1,7-8,10H,5-6,9H2,2-3H3,(H,17,18,19). The summed E-state index contributed by atoms with van der Waals surface area (Å²) >= 11 is 0. The van der Waals surface area contributed by atoms with Gasteiger partial charge in [0.15, 0.2) is 5.69 Å². The molecule has 0 unspecified atom stereocenters. The van der Waals surface area contributed by atoms with E-state index in [1.54, 1.807) is 6.92 Å². The monoisotopic (exact) mass is 299 g/mol. The van der Waals surface area contributed by atoms with Gasteiger partial charge in [-0.15, -0.1) is 11.5 Å². The van der Waals surface area contributed by atoms with Crippen LogP contribution in [0.2, 0.25) is 0 Å². The smallest absolute Gasteiger partial charge is 0.361 e. The fourth-order valence-electron chi connectivity index (χ4n) is 2.04. The summed E-state index contributed by atoms with van der Waals surface area (Å²) in [7, 11) is 0. The fraction of sp³-hybridized carbons (Fsp3) is 0.312. The third-order valence-corrected chi connectivity index (χ3v) is 3.04. The van der Waals surface area contributed by atoms with Gasteiger partial charge in [-0.2, -0.15) is 10.3 Å². The number of terminal acetylenes is 1. The van der Waals surface area contributed by atoms with Gasteiger partial charge >= 0.3 is 5.97 Å². The zero-order valence-corrected chi connectivity index (χ0v) is 12.5. The van der Waals surface area contributed by atoms with Gasteiger partial charge in [0.25, 0.3) is 0 Å². The number of carbonyl (C=O) groups is 1. The van der Waals surface area contributed by atoms with E-state index in [1.165, 1.54) is 0 Å². The minimum Gasteiger partial charge on any atom is -0.481 e. The number of hydrogen-bond acceptors (Lipinski definition) is 5. The largest absolute Gasteiger partial charge is 0.481 e. The average molecular weight is 299 g/mol. The third-order valence-electron chi connectivity index (χ3n) is 3.04. The molecule has 0 saturated carbocycles. The summed E-state index contributed by atoms with van der Waals surface area (Å²) in [6.07, 6.45) is 5.97. The first-order valence-corrected chi connectivity index (χ1v) is 6.98. The van der Waals surface area contributed by atoms with Crippen molar-refractivity contribution in [2.75, 3.05) is 13.2 Å². The van der Waals surface area contributed by atoms with Gasteiger partial charge in [0, 0.05) is 5.56 Å². The Balaban J connectivity index is 2.36. The second kappa shape index (κ2) is 7.27. The van der Waals surface area contributed by atoms with E-state index in [1.807, 2.05) is 25.1 Å². The number of carbonyl (C=O) groups excluding carboxylic acids is 1. The molecule has 1 aromatic carbocycles. The van der Waals surface area contributed by atoms with E-state index in [4.69, 9.17) is 15.9 Å². The Bertz CT molecular complexity index is 701. The molecule has 114 valence electrons. The third kappa shape index (κ3) is 3.26. The lowest BCUT2D eigenvalue weighted by atomic mass is 10.0. The number of esters is 1. The summed E-state index contributed by atoms with van der Waals surface area (Å²) in [5, 5.41) is 10.4. The maximum atomic E-state index is 11.9. The number of nitrogens with one attached hydrogen (secondary N) is 1. The molecule has 1 aromatic heterocycles. The Morgan fingerprint density at radius 1 is 1.36 bits per heavy atom. The first-order chi connectivity index (χ1) is 10.7. The van der Waals surface area contributed by atoms with Crippen LogP contribution in [0, 0.1) is 12.3 Å². The number of aromatic nitrogens is 3. The highest BCUT2D eigenvalue weighted by Gasteiger charge is 2.19. The van der Waals surface area contributed by atoms with Crippen LogP contribution in [-0.2, 0) is 11.2 Å². The van der Waals surface area contributed by atoms with Crippen LogP contribution < -0.4 is 4.74 Å². The van der Waals surface area contributed by atoms with Crippen LogP contribution in [0.1, 0.15) is 29.9 Å². The van der Waals surface area contributed by atoms with Gasteiger partial charge in [-0.1, -0.05) is 12.8 Å². The Kier molecular flexibility index (Phi) is 5.15. The van der Waals surface area contributed by atoms with E-state index in [0.29, 0.717) is 5.69 Å². The molecule has 0 bridgehead atoms. The molecular weight excluding hydrogens is 282 g/mol. The number of aromatic amines is 1. The summed E-state index contributed by atoms with van der Waals surface area (Å²) in [4.78, 5) is 11.9. The molecule has 1 heterocycles. The lowest BCUT2D eigenvalue weighted by Crippen LogP contribution is -2.07. The molecule has 0 aliphatic heterocycles. The molecule has 0 atom stereocenters. The van der Waals surface area contributed by atoms with Crippen molar-refractivity contribution in [1.29, 1.82) is 0 Å². The maximum absolute atomic E-state index is 11.9. The molecule has 2 aromatic rings. The lowest BCUT2D eigenvalue weighted by Gasteiger charge is -2.10. The van der Waals surface area contributed by atoms with Crippen molar-refractivity contribution < 1.29 is 14.3 Å². The van der Waals surface area contributed by atoms with Crippen molar-refractivity contribution in [3.63, 3.8) is 0 Å². The number of H-pyrrole nitrogens is 1. The van der Waals surface area contributed by atoms with Crippen molar-refractivity contribution in [3.8, 4) is 29.4 Å². The van der Waals surface area contributed by atoms with E-state index < -0.39 is 5.97 Å². The topological polar surface area (TPSA) is 77.1 Å². The van der Waals surface area contributed by atoms with Gasteiger partial charge in [0.05, 0.1) is 6.61 Å². The summed E-state index contributed by atoms with van der Waals surface area (Å²) in [6.45, 7) is 4.25. The first-order valence-electron chi connectivity index (χ1n) is 6.98. The van der Waals surface area contributed by atoms with Gasteiger partial charge in [0.1, 0.15) is 18.1 Å². The summed E-state index contributed by atoms with van der Waals surface area (Å²) < 4.78 is 10.5. The number of hydrogen-bond donors (Lipinski definition) is 1. The lowest BCUT2D eigenvalue weighted by molar-refractivity contribution is 0.0520. The van der Waals surface area contributed by atoms with Crippen LogP contribution in [0.4, 0.5) is 0 Å². The first kappa shape index (κ1) is 15.6. The molecular formula is C16H17N3O3. The minimum absolute atomic E-state index is 0.168. The molecule has 0 saturated heterocycles. The highest BCUT2D eigenvalue weighted by molar-refractivity contribution is 5.94. The van der Waals surface area contributed by atoms with E-state index >= 15 is 0 Å². The van der Waals surface area contributed by atoms with Crippen molar-refractivity contribution >= 4 is 5.97 Å². The Morgan fingerprint density at radius 2 is 2.18 bits per heavy atom. The molecule has 0 fully saturated rings. The average Bonchev–Trinajstić information content (AvgIpc) is 3.02. The Hall–Kier alpha value is -2.81. The molecule has 2 rings (SSSR count). The van der Waals surface area contributed by atoms with Gasteiger partial charge in [-0.3, -0.25) is 0 Å². The van der Waals surface area contributed by atoms with Crippen LogP contribution in [0.5, 0.6) is 5.75 Å². The molecule has 6 nitrogen and oxygen atoms in total. The molecule has 0 radical (unpaired) electrons. The Labute approximate surface area is 128 Å². The zero-order valence-electron chi connectivity index (χ0n) is 12.5. The van der Waals surface area contributed by atoms with Gasteiger partial charge in [0.2, 0.25) is 0 Å². The summed E-state index contributed by atoms with van der Waals surface area (Å²) in [5.74, 6) is 2.66. The quantitative estimate of drug-likeness (QED) is 0.653. The fourth-order valence-corrected chi connectivity index (χ4v) is 2.04. The number of benzene rings is 1. The predicted octanol–water partition coefficient (Wildman–Crippen LogP) is 2.22. The van der Waals surface area contributed by atoms with E-state index in [-0.39, 0.29) is 18.9 Å². The van der Waals surface area contributed by atoms with Gasteiger partial charge in [-0.25, -0.2) is 4.79 Å². The normalized spacial score (nSPS) is 10.0. The number of nitrogens with zero attached hydrogens (tertiary/aromatic N) is 2. The van der Waals surface area contributed by atoms with E-state index in [0.717, 1.165) is 23.3 Å². The molecule has 6 heteroatoms. The van der Waals surface area contributed by atoms with Crippen molar-refractivity contribution in [1.82, 2.24) is 15.4 Å². The van der Waals surface area contributed by atoms with E-state index in [9.17, 15) is 4.79 Å². The summed E-state index contributed by atoms with van der Waals surface area (Å²) in [6, 6.07) is 5.53. The van der Waals surface area contributed by atoms with Gasteiger partial charge < -0.3 is 9.47 Å². The Morgan fingerprint density at radius 3 is 2.86 bits per heavy atom. The van der Waals surface area contributed by atoms with Crippen LogP contribution in [0.25, 0.3) is 11.3 Å². The van der Waals surface area contributed by atoms with E-state index in [2.05, 4.69) is 21.3 Å². The predicted molar refractivity (Wildman–Crippen MR) is 81.5 cm³/mol. The molecule has 0 spiro atoms. The van der Waals surface area contributed by atoms with Crippen molar-refractivity contribution in [2.24, 2.45) is 0 Å². The second-order valence-corrected chi connectivity index (χ2v) is 4.41. The summed E-state index contributed by atoms with van der Waals surface area (Å²) in [5.41, 5.74) is 2.37. The van der Waals surface area contributed by atoms with Crippen LogP contribution >= 0.6 is 0 Å². The number of aryl methyl sites for hydroxylation is 1. The van der Waals surface area contributed by atoms with Crippen molar-refractivity contribution in [3.05, 3.63) is 29.5 Å². The molecule has 0 aliphatic carbocycles. The van der Waals surface area contributed by atoms with Crippen LogP contribution in [0.15, 0.2) is 18.2 Å². The highest BCUT2D eigenvalue weighted by atomic mass is 16.5. The minimum atomic E-state index is -0.503. The maximum Gasteiger partial charge on any atom is 0.361 e. The van der Waals surface area contributed by atoms with Crippen molar-refractivity contribution in [2.45, 2.75) is 20.3 Å².